The summed E-state index contributed by atoms with van der Waals surface area (Å²) in [4.78, 5) is 50.2. The molecule has 0 spiro atoms. The van der Waals surface area contributed by atoms with Crippen LogP contribution < -0.4 is 31.8 Å². The van der Waals surface area contributed by atoms with Gasteiger partial charge in [0, 0.05) is 17.7 Å². The van der Waals surface area contributed by atoms with Crippen molar-refractivity contribution < 1.29 is 19.1 Å². The van der Waals surface area contributed by atoms with E-state index in [4.69, 9.17) is 15.2 Å². The predicted octanol–water partition coefficient (Wildman–Crippen LogP) is 0.852. The van der Waals surface area contributed by atoms with Gasteiger partial charge in [-0.1, -0.05) is 12.1 Å². The number of ether oxygens (including phenoxy) is 2. The van der Waals surface area contributed by atoms with Crippen LogP contribution in [0.3, 0.4) is 0 Å². The molecule has 0 saturated carbocycles. The lowest BCUT2D eigenvalue weighted by Crippen LogP contribution is -2.42. The molecule has 0 fully saturated rings. The third kappa shape index (κ3) is 4.89. The Bertz CT molecular complexity index is 1320. The van der Waals surface area contributed by atoms with Crippen molar-refractivity contribution in [2.45, 2.75) is 33.0 Å². The number of hydrogen-bond donors (Lipinski definition) is 2. The molecule has 0 unspecified atom stereocenters. The number of aromatic nitrogens is 2. The maximum absolute atomic E-state index is 13.2. The van der Waals surface area contributed by atoms with E-state index in [1.165, 1.54) is 26.4 Å². The molecule has 33 heavy (non-hydrogen) atoms. The van der Waals surface area contributed by atoms with Gasteiger partial charge in [0.05, 0.1) is 31.7 Å². The zero-order valence-corrected chi connectivity index (χ0v) is 18.9. The van der Waals surface area contributed by atoms with Crippen LogP contribution in [0.1, 0.15) is 29.8 Å². The van der Waals surface area contributed by atoms with Crippen molar-refractivity contribution in [3.05, 3.63) is 68.4 Å². The molecule has 3 rings (SSSR count). The fourth-order valence-electron chi connectivity index (χ4n) is 3.48. The van der Waals surface area contributed by atoms with E-state index in [0.717, 1.165) is 9.13 Å². The monoisotopic (exact) mass is 454 g/mol. The fourth-order valence-corrected chi connectivity index (χ4v) is 3.48. The summed E-state index contributed by atoms with van der Waals surface area (Å²) in [5.74, 6) is -0.350. The minimum atomic E-state index is -0.737. The quantitative estimate of drug-likeness (QED) is 0.518. The Morgan fingerprint density at radius 2 is 1.61 bits per heavy atom. The summed E-state index contributed by atoms with van der Waals surface area (Å²) in [5.41, 5.74) is 5.39. The van der Waals surface area contributed by atoms with Crippen molar-refractivity contribution in [1.82, 2.24) is 14.5 Å². The second-order valence-electron chi connectivity index (χ2n) is 7.78. The standard InChI is InChI=1S/C23H26N4O6/c1-13(2)25-21(29)15-7-5-14(6-8-15)11-27-22(30)16-9-18(32-3)19(33-4)10-17(16)26(23(27)31)12-20(24)28/h5-10,13H,11-12H2,1-4H3,(H2,24,28)(H,25,29). The lowest BCUT2D eigenvalue weighted by atomic mass is 10.1. The van der Waals surface area contributed by atoms with Gasteiger partial charge in [-0.3, -0.25) is 23.5 Å². The van der Waals surface area contributed by atoms with Gasteiger partial charge < -0.3 is 20.5 Å². The van der Waals surface area contributed by atoms with Gasteiger partial charge in [-0.05, 0) is 37.6 Å². The summed E-state index contributed by atoms with van der Waals surface area (Å²) < 4.78 is 12.7. The van der Waals surface area contributed by atoms with Crippen LogP contribution in [-0.4, -0.2) is 41.2 Å². The smallest absolute Gasteiger partial charge is 0.332 e. The molecule has 2 amide bonds. The highest BCUT2D eigenvalue weighted by molar-refractivity contribution is 5.94. The van der Waals surface area contributed by atoms with E-state index in [1.54, 1.807) is 24.3 Å². The van der Waals surface area contributed by atoms with E-state index in [-0.39, 0.29) is 29.4 Å². The number of benzene rings is 2. The van der Waals surface area contributed by atoms with Crippen LogP contribution in [0.5, 0.6) is 11.5 Å². The maximum atomic E-state index is 13.2. The van der Waals surface area contributed by atoms with Gasteiger partial charge in [0.25, 0.3) is 11.5 Å². The van der Waals surface area contributed by atoms with Crippen LogP contribution in [-0.2, 0) is 17.9 Å². The van der Waals surface area contributed by atoms with Crippen molar-refractivity contribution in [3.63, 3.8) is 0 Å². The number of fused-ring (bicyclic) bond motifs is 1. The first-order chi connectivity index (χ1) is 15.7. The van der Waals surface area contributed by atoms with Gasteiger partial charge in [0.1, 0.15) is 6.54 Å². The summed E-state index contributed by atoms with van der Waals surface area (Å²) in [6, 6.07) is 9.49. The number of primary amides is 1. The van der Waals surface area contributed by atoms with E-state index in [2.05, 4.69) is 5.32 Å². The first-order valence-electron chi connectivity index (χ1n) is 10.2. The lowest BCUT2D eigenvalue weighted by Gasteiger charge is -2.16. The van der Waals surface area contributed by atoms with Crippen LogP contribution in [0.2, 0.25) is 0 Å². The summed E-state index contributed by atoms with van der Waals surface area (Å²) in [7, 11) is 2.85. The summed E-state index contributed by atoms with van der Waals surface area (Å²) in [5, 5.41) is 2.97. The molecular formula is C23H26N4O6. The third-order valence-corrected chi connectivity index (χ3v) is 5.02. The van der Waals surface area contributed by atoms with Crippen molar-refractivity contribution >= 4 is 22.7 Å². The minimum absolute atomic E-state index is 0.00677. The summed E-state index contributed by atoms with van der Waals surface area (Å²) in [6.45, 7) is 3.24. The number of nitrogens with one attached hydrogen (secondary N) is 1. The van der Waals surface area contributed by atoms with E-state index >= 15 is 0 Å². The van der Waals surface area contributed by atoms with Gasteiger partial charge in [0.15, 0.2) is 11.5 Å². The molecule has 0 aliphatic heterocycles. The summed E-state index contributed by atoms with van der Waals surface area (Å²) in [6.07, 6.45) is 0. The van der Waals surface area contributed by atoms with Crippen molar-refractivity contribution in [2.24, 2.45) is 5.73 Å². The lowest BCUT2D eigenvalue weighted by molar-refractivity contribution is -0.118. The second-order valence-corrected chi connectivity index (χ2v) is 7.78. The van der Waals surface area contributed by atoms with Gasteiger partial charge in [-0.15, -0.1) is 0 Å². The number of nitrogens with two attached hydrogens (primary N) is 1. The van der Waals surface area contributed by atoms with E-state index in [0.29, 0.717) is 22.6 Å². The van der Waals surface area contributed by atoms with Crippen LogP contribution >= 0.6 is 0 Å². The molecule has 0 aliphatic carbocycles. The SMILES string of the molecule is COc1cc2c(=O)n(Cc3ccc(C(=O)NC(C)C)cc3)c(=O)n(CC(N)=O)c2cc1OC. The van der Waals surface area contributed by atoms with Gasteiger partial charge in [-0.2, -0.15) is 0 Å². The highest BCUT2D eigenvalue weighted by atomic mass is 16.5. The van der Waals surface area contributed by atoms with Gasteiger partial charge in [0.2, 0.25) is 5.91 Å². The molecule has 2 aromatic carbocycles. The molecule has 1 heterocycles. The van der Waals surface area contributed by atoms with Crippen molar-refractivity contribution in [1.29, 1.82) is 0 Å². The Hall–Kier alpha value is -4.08. The topological polar surface area (TPSA) is 135 Å². The molecule has 0 bridgehead atoms. The Kier molecular flexibility index (Phi) is 6.86. The average Bonchev–Trinajstić information content (AvgIpc) is 2.78. The summed E-state index contributed by atoms with van der Waals surface area (Å²) >= 11 is 0. The number of hydrogen-bond acceptors (Lipinski definition) is 6. The third-order valence-electron chi connectivity index (χ3n) is 5.02. The van der Waals surface area contributed by atoms with Gasteiger partial charge in [-0.25, -0.2) is 4.79 Å². The number of nitrogens with zero attached hydrogens (tertiary/aromatic N) is 2. The zero-order valence-electron chi connectivity index (χ0n) is 18.9. The van der Waals surface area contributed by atoms with Gasteiger partial charge >= 0.3 is 5.69 Å². The fraction of sp³-hybridized carbons (Fsp3) is 0.304. The molecule has 3 aromatic rings. The number of amides is 2. The highest BCUT2D eigenvalue weighted by Crippen LogP contribution is 2.30. The highest BCUT2D eigenvalue weighted by Gasteiger charge is 2.18. The Balaban J connectivity index is 2.13. The molecule has 0 atom stereocenters. The van der Waals surface area contributed by atoms with Crippen LogP contribution in [0.25, 0.3) is 10.9 Å². The Labute approximate surface area is 189 Å². The first kappa shape index (κ1) is 23.6. The molecule has 174 valence electrons. The predicted molar refractivity (Wildman–Crippen MR) is 123 cm³/mol. The average molecular weight is 454 g/mol. The van der Waals surface area contributed by atoms with Crippen LogP contribution in [0.4, 0.5) is 0 Å². The first-order valence-corrected chi connectivity index (χ1v) is 10.2. The Morgan fingerprint density at radius 3 is 2.15 bits per heavy atom. The molecule has 3 N–H and O–H groups in total. The van der Waals surface area contributed by atoms with Crippen molar-refractivity contribution in [3.8, 4) is 11.5 Å². The van der Waals surface area contributed by atoms with Crippen LogP contribution in [0, 0.1) is 0 Å². The maximum Gasteiger partial charge on any atom is 0.332 e. The number of carbonyl (C=O) groups excluding carboxylic acids is 2. The van der Waals surface area contributed by atoms with E-state index in [9.17, 15) is 19.2 Å². The van der Waals surface area contributed by atoms with E-state index in [1.807, 2.05) is 13.8 Å². The number of rotatable bonds is 8. The molecular weight excluding hydrogens is 428 g/mol. The zero-order chi connectivity index (χ0) is 24.3. The number of carbonyl (C=O) groups is 2. The minimum Gasteiger partial charge on any atom is -0.493 e. The van der Waals surface area contributed by atoms with Crippen molar-refractivity contribution in [2.75, 3.05) is 14.2 Å². The molecule has 0 saturated heterocycles. The normalized spacial score (nSPS) is 10.9. The molecule has 10 nitrogen and oxygen atoms in total. The molecule has 1 aromatic heterocycles. The molecule has 10 heteroatoms. The molecule has 0 radical (unpaired) electrons. The Morgan fingerprint density at radius 1 is 1.00 bits per heavy atom. The molecule has 0 aliphatic rings. The van der Waals surface area contributed by atoms with E-state index < -0.39 is 23.7 Å². The largest absolute Gasteiger partial charge is 0.493 e. The van der Waals surface area contributed by atoms with Crippen LogP contribution in [0.15, 0.2) is 46.0 Å². The number of methoxy groups -OCH3 is 2. The second kappa shape index (κ2) is 9.60.